The van der Waals surface area contributed by atoms with E-state index in [1.54, 1.807) is 21.3 Å². The SMILES string of the molecule is C=CCCNCc1ccc(OC)c(OC)c1OC. The average molecular weight is 251 g/mol. The molecule has 0 aliphatic heterocycles. The first-order valence-electron chi connectivity index (χ1n) is 5.87. The summed E-state index contributed by atoms with van der Waals surface area (Å²) in [5, 5.41) is 3.32. The van der Waals surface area contributed by atoms with E-state index in [1.165, 1.54) is 0 Å². The minimum Gasteiger partial charge on any atom is -0.493 e. The molecule has 0 aliphatic carbocycles. The lowest BCUT2D eigenvalue weighted by atomic mass is 10.1. The third kappa shape index (κ3) is 3.40. The number of ether oxygens (including phenoxy) is 3. The van der Waals surface area contributed by atoms with Crippen LogP contribution in [0.5, 0.6) is 17.2 Å². The number of hydrogen-bond acceptors (Lipinski definition) is 4. The van der Waals surface area contributed by atoms with Gasteiger partial charge >= 0.3 is 0 Å². The molecule has 0 atom stereocenters. The molecular formula is C14H21NO3. The molecule has 1 aromatic carbocycles. The zero-order valence-corrected chi connectivity index (χ0v) is 11.3. The Kier molecular flexibility index (Phi) is 6.08. The van der Waals surface area contributed by atoms with E-state index >= 15 is 0 Å². The first-order chi connectivity index (χ1) is 8.78. The molecule has 18 heavy (non-hydrogen) atoms. The van der Waals surface area contributed by atoms with E-state index in [0.717, 1.165) is 25.1 Å². The molecular weight excluding hydrogens is 230 g/mol. The summed E-state index contributed by atoms with van der Waals surface area (Å²) in [6.07, 6.45) is 2.83. The Bertz CT molecular complexity index is 391. The van der Waals surface area contributed by atoms with Gasteiger partial charge < -0.3 is 19.5 Å². The molecule has 0 amide bonds. The van der Waals surface area contributed by atoms with Crippen LogP contribution in [0.15, 0.2) is 24.8 Å². The Balaban J connectivity index is 2.87. The highest BCUT2D eigenvalue weighted by atomic mass is 16.5. The second kappa shape index (κ2) is 7.61. The highest BCUT2D eigenvalue weighted by Crippen LogP contribution is 2.39. The Morgan fingerprint density at radius 1 is 1.11 bits per heavy atom. The van der Waals surface area contributed by atoms with Gasteiger partial charge in [0.15, 0.2) is 11.5 Å². The van der Waals surface area contributed by atoms with Crippen molar-refractivity contribution in [1.29, 1.82) is 0 Å². The lowest BCUT2D eigenvalue weighted by molar-refractivity contribution is 0.321. The first-order valence-corrected chi connectivity index (χ1v) is 5.87. The Morgan fingerprint density at radius 3 is 2.39 bits per heavy atom. The van der Waals surface area contributed by atoms with Gasteiger partial charge in [0.25, 0.3) is 0 Å². The molecule has 0 saturated carbocycles. The highest BCUT2D eigenvalue weighted by Gasteiger charge is 2.14. The molecule has 0 aromatic heterocycles. The molecule has 1 N–H and O–H groups in total. The largest absolute Gasteiger partial charge is 0.493 e. The predicted molar refractivity (Wildman–Crippen MR) is 72.6 cm³/mol. The minimum absolute atomic E-state index is 0.628. The van der Waals surface area contributed by atoms with Gasteiger partial charge in [-0.1, -0.05) is 12.1 Å². The van der Waals surface area contributed by atoms with Crippen molar-refractivity contribution in [3.63, 3.8) is 0 Å². The number of nitrogens with one attached hydrogen (secondary N) is 1. The second-order valence-electron chi connectivity index (χ2n) is 3.75. The molecule has 0 heterocycles. The van der Waals surface area contributed by atoms with Crippen LogP contribution in [-0.2, 0) is 6.54 Å². The molecule has 0 bridgehead atoms. The maximum absolute atomic E-state index is 5.40. The zero-order valence-electron chi connectivity index (χ0n) is 11.3. The Hall–Kier alpha value is -1.68. The van der Waals surface area contributed by atoms with Crippen LogP contribution in [0.3, 0.4) is 0 Å². The minimum atomic E-state index is 0.628. The van der Waals surface area contributed by atoms with Crippen LogP contribution in [0, 0.1) is 0 Å². The normalized spacial score (nSPS) is 9.94. The molecule has 0 spiro atoms. The van der Waals surface area contributed by atoms with Crippen LogP contribution in [0.4, 0.5) is 0 Å². The smallest absolute Gasteiger partial charge is 0.203 e. The van der Waals surface area contributed by atoms with E-state index in [9.17, 15) is 0 Å². The summed E-state index contributed by atoms with van der Waals surface area (Å²) < 4.78 is 16.0. The first kappa shape index (κ1) is 14.4. The number of benzene rings is 1. The van der Waals surface area contributed by atoms with Gasteiger partial charge in [0, 0.05) is 12.1 Å². The van der Waals surface area contributed by atoms with Gasteiger partial charge in [-0.05, 0) is 19.0 Å². The van der Waals surface area contributed by atoms with Gasteiger partial charge in [0.05, 0.1) is 21.3 Å². The Morgan fingerprint density at radius 2 is 1.83 bits per heavy atom. The van der Waals surface area contributed by atoms with Crippen molar-refractivity contribution in [3.8, 4) is 17.2 Å². The van der Waals surface area contributed by atoms with Gasteiger partial charge in [-0.25, -0.2) is 0 Å². The lowest BCUT2D eigenvalue weighted by Gasteiger charge is -2.15. The molecule has 0 unspecified atom stereocenters. The summed E-state index contributed by atoms with van der Waals surface area (Å²) in [7, 11) is 4.85. The molecule has 4 heteroatoms. The van der Waals surface area contributed by atoms with E-state index in [2.05, 4.69) is 11.9 Å². The van der Waals surface area contributed by atoms with Crippen molar-refractivity contribution < 1.29 is 14.2 Å². The fourth-order valence-electron chi connectivity index (χ4n) is 1.73. The van der Waals surface area contributed by atoms with Crippen molar-refractivity contribution in [3.05, 3.63) is 30.4 Å². The summed E-state index contributed by atoms with van der Waals surface area (Å²) in [6.45, 7) is 5.30. The van der Waals surface area contributed by atoms with Crippen LogP contribution in [0.2, 0.25) is 0 Å². The summed E-state index contributed by atoms with van der Waals surface area (Å²) in [6, 6.07) is 3.85. The summed E-state index contributed by atoms with van der Waals surface area (Å²) in [4.78, 5) is 0. The van der Waals surface area contributed by atoms with Crippen LogP contribution in [-0.4, -0.2) is 27.9 Å². The van der Waals surface area contributed by atoms with E-state index < -0.39 is 0 Å². The third-order valence-corrected chi connectivity index (χ3v) is 2.63. The fraction of sp³-hybridized carbons (Fsp3) is 0.429. The van der Waals surface area contributed by atoms with Gasteiger partial charge in [-0.15, -0.1) is 6.58 Å². The standard InChI is InChI=1S/C14H21NO3/c1-5-6-9-15-10-11-7-8-12(16-2)14(18-4)13(11)17-3/h5,7-8,15H,1,6,9-10H2,2-4H3. The van der Waals surface area contributed by atoms with E-state index in [4.69, 9.17) is 14.2 Å². The van der Waals surface area contributed by atoms with Gasteiger partial charge in [0.1, 0.15) is 0 Å². The van der Waals surface area contributed by atoms with E-state index in [0.29, 0.717) is 17.2 Å². The topological polar surface area (TPSA) is 39.7 Å². The second-order valence-corrected chi connectivity index (χ2v) is 3.75. The predicted octanol–water partition coefficient (Wildman–Crippen LogP) is 2.38. The average Bonchev–Trinajstić information content (AvgIpc) is 2.42. The maximum Gasteiger partial charge on any atom is 0.203 e. The van der Waals surface area contributed by atoms with Gasteiger partial charge in [-0.2, -0.15) is 0 Å². The van der Waals surface area contributed by atoms with E-state index in [1.807, 2.05) is 18.2 Å². The lowest BCUT2D eigenvalue weighted by Crippen LogP contribution is -2.15. The van der Waals surface area contributed by atoms with Gasteiger partial charge in [0.2, 0.25) is 5.75 Å². The maximum atomic E-state index is 5.40. The molecule has 0 saturated heterocycles. The van der Waals surface area contributed by atoms with Crippen LogP contribution in [0.1, 0.15) is 12.0 Å². The number of methoxy groups -OCH3 is 3. The Labute approximate surface area is 109 Å². The van der Waals surface area contributed by atoms with Crippen molar-refractivity contribution >= 4 is 0 Å². The van der Waals surface area contributed by atoms with Crippen LogP contribution < -0.4 is 19.5 Å². The number of hydrogen-bond donors (Lipinski definition) is 1. The molecule has 0 radical (unpaired) electrons. The molecule has 1 rings (SSSR count). The van der Waals surface area contributed by atoms with Gasteiger partial charge in [-0.3, -0.25) is 0 Å². The summed E-state index contributed by atoms with van der Waals surface area (Å²) in [5.74, 6) is 2.01. The number of rotatable bonds is 8. The van der Waals surface area contributed by atoms with Crippen LogP contribution >= 0.6 is 0 Å². The van der Waals surface area contributed by atoms with E-state index in [-0.39, 0.29) is 0 Å². The van der Waals surface area contributed by atoms with Crippen molar-refractivity contribution in [2.24, 2.45) is 0 Å². The summed E-state index contributed by atoms with van der Waals surface area (Å²) in [5.41, 5.74) is 1.04. The van der Waals surface area contributed by atoms with Crippen molar-refractivity contribution in [2.75, 3.05) is 27.9 Å². The third-order valence-electron chi connectivity index (χ3n) is 2.63. The van der Waals surface area contributed by atoms with Crippen molar-refractivity contribution in [1.82, 2.24) is 5.32 Å². The molecule has 4 nitrogen and oxygen atoms in total. The van der Waals surface area contributed by atoms with Crippen molar-refractivity contribution in [2.45, 2.75) is 13.0 Å². The highest BCUT2D eigenvalue weighted by molar-refractivity contribution is 5.55. The molecule has 0 aliphatic rings. The molecule has 1 aromatic rings. The zero-order chi connectivity index (χ0) is 13.4. The summed E-state index contributed by atoms with van der Waals surface area (Å²) >= 11 is 0. The monoisotopic (exact) mass is 251 g/mol. The molecule has 0 fully saturated rings. The van der Waals surface area contributed by atoms with Crippen LogP contribution in [0.25, 0.3) is 0 Å². The molecule has 100 valence electrons. The fourth-order valence-corrected chi connectivity index (χ4v) is 1.73. The quantitative estimate of drug-likeness (QED) is 0.569.